The first-order valence-electron chi connectivity index (χ1n) is 7.16. The Morgan fingerprint density at radius 2 is 1.76 bits per heavy atom. The van der Waals surface area contributed by atoms with Crippen molar-refractivity contribution in [2.24, 2.45) is 5.92 Å². The highest BCUT2D eigenvalue weighted by Gasteiger charge is 2.41. The molecule has 0 saturated carbocycles. The highest BCUT2D eigenvalue weighted by Crippen LogP contribution is 2.17. The third-order valence-electron chi connectivity index (χ3n) is 2.84. The molecule has 0 aromatic rings. The van der Waals surface area contributed by atoms with E-state index in [0.717, 1.165) is 12.8 Å². The van der Waals surface area contributed by atoms with Crippen LogP contribution >= 0.6 is 0 Å². The molecule has 0 aliphatic heterocycles. The van der Waals surface area contributed by atoms with Gasteiger partial charge in [-0.05, 0) is 25.7 Å². The topological polar surface area (TPSA) is 55.4 Å². The van der Waals surface area contributed by atoms with Gasteiger partial charge in [0, 0.05) is 0 Å². The van der Waals surface area contributed by atoms with Crippen LogP contribution in [0.3, 0.4) is 0 Å². The number of alkyl halides is 3. The van der Waals surface area contributed by atoms with E-state index in [9.17, 15) is 22.8 Å². The van der Waals surface area contributed by atoms with Crippen molar-refractivity contribution in [3.63, 3.8) is 0 Å². The fraction of sp³-hybridized carbons (Fsp3) is 0.857. The molecule has 0 aromatic carbocycles. The lowest BCUT2D eigenvalue weighted by atomic mass is 10.0. The average molecular weight is 311 g/mol. The number of hydrogen-bond acceptors (Lipinski definition) is 3. The van der Waals surface area contributed by atoms with Crippen molar-refractivity contribution in [2.45, 2.75) is 71.7 Å². The maximum atomic E-state index is 12.3. The number of rotatable bonds is 8. The van der Waals surface area contributed by atoms with Gasteiger partial charge in [0.15, 0.2) is 0 Å². The Hall–Kier alpha value is -1.27. The molecule has 0 bridgehead atoms. The molecule has 0 spiro atoms. The van der Waals surface area contributed by atoms with E-state index in [1.54, 1.807) is 26.1 Å². The van der Waals surface area contributed by atoms with Crippen LogP contribution in [0.15, 0.2) is 0 Å². The highest BCUT2D eigenvalue weighted by atomic mass is 19.4. The largest absolute Gasteiger partial charge is 0.471 e. The van der Waals surface area contributed by atoms with Gasteiger partial charge in [-0.15, -0.1) is 0 Å². The molecule has 1 N–H and O–H groups in total. The van der Waals surface area contributed by atoms with Gasteiger partial charge in [-0.3, -0.25) is 4.79 Å². The Morgan fingerprint density at radius 3 is 2.19 bits per heavy atom. The molecule has 124 valence electrons. The van der Waals surface area contributed by atoms with E-state index in [1.165, 1.54) is 0 Å². The lowest BCUT2D eigenvalue weighted by Crippen LogP contribution is -2.48. The molecule has 2 atom stereocenters. The fourth-order valence-corrected chi connectivity index (χ4v) is 1.76. The number of halogens is 3. The van der Waals surface area contributed by atoms with Crippen molar-refractivity contribution >= 4 is 11.9 Å². The van der Waals surface area contributed by atoms with E-state index in [0.29, 0.717) is 6.42 Å². The molecule has 0 aliphatic carbocycles. The van der Waals surface area contributed by atoms with Crippen molar-refractivity contribution in [2.75, 3.05) is 0 Å². The molecule has 0 saturated heterocycles. The number of unbranched alkanes of at least 4 members (excludes halogenated alkanes) is 1. The number of hydrogen-bond donors (Lipinski definition) is 1. The van der Waals surface area contributed by atoms with E-state index < -0.39 is 24.1 Å². The van der Waals surface area contributed by atoms with Crippen LogP contribution in [0, 0.1) is 5.92 Å². The Labute approximate surface area is 123 Å². The number of ether oxygens (including phenoxy) is 1. The van der Waals surface area contributed by atoms with E-state index >= 15 is 0 Å². The second-order valence-corrected chi connectivity index (χ2v) is 5.54. The number of esters is 1. The molecule has 0 fully saturated rings. The zero-order valence-corrected chi connectivity index (χ0v) is 12.9. The second kappa shape index (κ2) is 8.89. The lowest BCUT2D eigenvalue weighted by molar-refractivity contribution is -0.176. The Morgan fingerprint density at radius 1 is 1.19 bits per heavy atom. The third-order valence-corrected chi connectivity index (χ3v) is 2.84. The maximum absolute atomic E-state index is 12.3. The summed E-state index contributed by atoms with van der Waals surface area (Å²) in [5, 5.41) is 1.71. The smallest absolute Gasteiger partial charge is 0.461 e. The highest BCUT2D eigenvalue weighted by molar-refractivity contribution is 5.87. The first kappa shape index (κ1) is 19.7. The molecule has 7 heteroatoms. The van der Waals surface area contributed by atoms with Gasteiger partial charge in [-0.25, -0.2) is 4.79 Å². The van der Waals surface area contributed by atoms with Crippen molar-refractivity contribution < 1.29 is 27.5 Å². The molecular weight excluding hydrogens is 287 g/mol. The Balaban J connectivity index is 4.67. The van der Waals surface area contributed by atoms with Gasteiger partial charge in [0.2, 0.25) is 0 Å². The summed E-state index contributed by atoms with van der Waals surface area (Å²) < 4.78 is 41.9. The van der Waals surface area contributed by atoms with Crippen LogP contribution in [0.2, 0.25) is 0 Å². The summed E-state index contributed by atoms with van der Waals surface area (Å²) >= 11 is 0. The van der Waals surface area contributed by atoms with Crippen LogP contribution in [0.5, 0.6) is 0 Å². The van der Waals surface area contributed by atoms with E-state index in [4.69, 9.17) is 4.74 Å². The fourth-order valence-electron chi connectivity index (χ4n) is 1.76. The Kier molecular flexibility index (Phi) is 8.36. The summed E-state index contributed by atoms with van der Waals surface area (Å²) in [5.74, 6) is -2.99. The van der Waals surface area contributed by atoms with Gasteiger partial charge in [-0.2, -0.15) is 13.2 Å². The molecule has 0 aliphatic rings. The van der Waals surface area contributed by atoms with E-state index in [1.807, 2.05) is 6.92 Å². The zero-order valence-electron chi connectivity index (χ0n) is 12.9. The van der Waals surface area contributed by atoms with Gasteiger partial charge in [0.25, 0.3) is 0 Å². The molecule has 0 heterocycles. The van der Waals surface area contributed by atoms with Crippen molar-refractivity contribution in [1.82, 2.24) is 5.32 Å². The summed E-state index contributed by atoms with van der Waals surface area (Å²) in [4.78, 5) is 22.9. The van der Waals surface area contributed by atoms with Crippen LogP contribution in [-0.2, 0) is 14.3 Å². The SMILES string of the molecule is CCCCC(C)OC(=O)[C@H](CC(C)C)NC(=O)C(F)(F)F. The second-order valence-electron chi connectivity index (χ2n) is 5.54. The standard InChI is InChI=1S/C14H24F3NO3/c1-5-6-7-10(4)21-12(19)11(8-9(2)3)18-13(20)14(15,16)17/h9-11H,5-8H2,1-4H3,(H,18,20)/t10?,11-/m0/s1. The van der Waals surface area contributed by atoms with Gasteiger partial charge in [0.1, 0.15) is 6.04 Å². The van der Waals surface area contributed by atoms with Crippen LogP contribution in [-0.4, -0.2) is 30.2 Å². The van der Waals surface area contributed by atoms with Gasteiger partial charge < -0.3 is 10.1 Å². The van der Waals surface area contributed by atoms with Crippen molar-refractivity contribution in [3.8, 4) is 0 Å². The maximum Gasteiger partial charge on any atom is 0.471 e. The molecule has 0 rings (SSSR count). The number of carbonyl (C=O) groups is 2. The van der Waals surface area contributed by atoms with E-state index in [2.05, 4.69) is 0 Å². The molecule has 4 nitrogen and oxygen atoms in total. The minimum Gasteiger partial charge on any atom is -0.461 e. The Bertz CT molecular complexity index is 343. The molecule has 21 heavy (non-hydrogen) atoms. The van der Waals surface area contributed by atoms with Gasteiger partial charge >= 0.3 is 18.1 Å². The van der Waals surface area contributed by atoms with Crippen molar-refractivity contribution in [1.29, 1.82) is 0 Å². The zero-order chi connectivity index (χ0) is 16.6. The quantitative estimate of drug-likeness (QED) is 0.700. The van der Waals surface area contributed by atoms with Crippen molar-refractivity contribution in [3.05, 3.63) is 0 Å². The number of amides is 1. The molecule has 0 radical (unpaired) electrons. The predicted molar refractivity (Wildman–Crippen MR) is 72.5 cm³/mol. The number of nitrogens with one attached hydrogen (secondary N) is 1. The summed E-state index contributed by atoms with van der Waals surface area (Å²) in [7, 11) is 0. The predicted octanol–water partition coefficient (Wildman–Crippen LogP) is 3.20. The normalized spacial score (nSPS) is 14.7. The molecule has 1 unspecified atom stereocenters. The first-order chi connectivity index (χ1) is 9.57. The number of carbonyl (C=O) groups excluding carboxylic acids is 2. The van der Waals surface area contributed by atoms with Crippen LogP contribution in [0.25, 0.3) is 0 Å². The van der Waals surface area contributed by atoms with E-state index in [-0.39, 0.29) is 18.4 Å². The molecule has 1 amide bonds. The summed E-state index contributed by atoms with van der Waals surface area (Å²) in [6.45, 7) is 7.17. The minimum atomic E-state index is -5.01. The van der Waals surface area contributed by atoms with Gasteiger partial charge in [0.05, 0.1) is 6.10 Å². The molecule has 0 aromatic heterocycles. The summed E-state index contributed by atoms with van der Waals surface area (Å²) in [6, 6.07) is -1.27. The van der Waals surface area contributed by atoms with Crippen LogP contribution in [0.4, 0.5) is 13.2 Å². The summed E-state index contributed by atoms with van der Waals surface area (Å²) in [6.07, 6.45) is -2.86. The van der Waals surface area contributed by atoms with Crippen LogP contribution in [0.1, 0.15) is 53.4 Å². The monoisotopic (exact) mass is 311 g/mol. The first-order valence-corrected chi connectivity index (χ1v) is 7.16. The summed E-state index contributed by atoms with van der Waals surface area (Å²) in [5.41, 5.74) is 0. The van der Waals surface area contributed by atoms with Crippen LogP contribution < -0.4 is 5.32 Å². The average Bonchev–Trinajstić information content (AvgIpc) is 2.33. The lowest BCUT2D eigenvalue weighted by Gasteiger charge is -2.22. The third kappa shape index (κ3) is 8.57. The van der Waals surface area contributed by atoms with Gasteiger partial charge in [-0.1, -0.05) is 33.6 Å². The molecular formula is C14H24F3NO3. The minimum absolute atomic E-state index is 0.0537.